The maximum Gasteiger partial charge on any atom is 0.160 e. The highest BCUT2D eigenvalue weighted by Crippen LogP contribution is 2.28. The minimum absolute atomic E-state index is 0.182. The summed E-state index contributed by atoms with van der Waals surface area (Å²) in [6.45, 7) is 4.49. The van der Waals surface area contributed by atoms with Crippen molar-refractivity contribution in [3.05, 3.63) is 71.8 Å². The first-order chi connectivity index (χ1) is 26.3. The molecule has 0 radical (unpaired) electrons. The second-order valence-electron chi connectivity index (χ2n) is 14.7. The highest BCUT2D eigenvalue weighted by molar-refractivity contribution is 5.89. The Morgan fingerprint density at radius 3 is 1.15 bits per heavy atom. The Bertz CT molecular complexity index is 1300. The number of hydrogen-bond donors (Lipinski definition) is 2. The number of unbranched alkanes of at least 4 members (excludes halogenated alkanes) is 18. The molecule has 6 heteroatoms. The number of ketones is 2. The first-order valence-corrected chi connectivity index (χ1v) is 21.4. The number of aryl methyl sites for hydroxylation is 2. The minimum Gasteiger partial charge on any atom is -0.504 e. The molecule has 2 aromatic carbocycles. The average Bonchev–Trinajstić information content (AvgIpc) is 3.16. The molecule has 0 unspecified atom stereocenters. The number of allylic oxidation sites excluding steroid dienone is 4. The lowest BCUT2D eigenvalue weighted by Gasteiger charge is -2.05. The standard InChI is InChI=1S/C25H40O3.C23H36O3/c1-3-4-5-6-7-8-9-10-11-14-17-23(26)18-15-12-13-16-22-19-20-25(28-2)24(27)21-22;1-3-4-5-6-7-8-9-12-15-21(24)16-13-10-11-14-20-17-18-23(26-2)22(25)19-20/h15,18-21,27H,3-14,16-17H2,1-2H3;13,16-19,25H,3-12,14-15H2,1-2H3. The fourth-order valence-electron chi connectivity index (χ4n) is 6.45. The topological polar surface area (TPSA) is 93.1 Å². The highest BCUT2D eigenvalue weighted by atomic mass is 16.5. The summed E-state index contributed by atoms with van der Waals surface area (Å²) in [6.07, 6.45) is 37.4. The smallest absolute Gasteiger partial charge is 0.160 e. The highest BCUT2D eigenvalue weighted by Gasteiger charge is 2.04. The van der Waals surface area contributed by atoms with Gasteiger partial charge in [0.1, 0.15) is 0 Å². The van der Waals surface area contributed by atoms with Gasteiger partial charge in [0.15, 0.2) is 34.6 Å². The van der Waals surface area contributed by atoms with E-state index in [9.17, 15) is 19.8 Å². The second kappa shape index (κ2) is 34.0. The lowest BCUT2D eigenvalue weighted by atomic mass is 10.0. The van der Waals surface area contributed by atoms with Crippen molar-refractivity contribution in [1.82, 2.24) is 0 Å². The van der Waals surface area contributed by atoms with E-state index in [1.54, 1.807) is 50.6 Å². The van der Waals surface area contributed by atoms with Gasteiger partial charge in [0, 0.05) is 12.8 Å². The van der Waals surface area contributed by atoms with E-state index in [1.807, 2.05) is 24.3 Å². The van der Waals surface area contributed by atoms with Crippen LogP contribution in [-0.4, -0.2) is 36.0 Å². The van der Waals surface area contributed by atoms with Gasteiger partial charge in [-0.1, -0.05) is 141 Å². The molecule has 0 aliphatic heterocycles. The maximum absolute atomic E-state index is 11.9. The van der Waals surface area contributed by atoms with Crippen molar-refractivity contribution in [3.8, 4) is 23.0 Å². The van der Waals surface area contributed by atoms with Crippen molar-refractivity contribution < 1.29 is 29.3 Å². The van der Waals surface area contributed by atoms with Gasteiger partial charge in [-0.05, 0) is 98.9 Å². The van der Waals surface area contributed by atoms with Crippen LogP contribution in [0.25, 0.3) is 0 Å². The van der Waals surface area contributed by atoms with Crippen LogP contribution in [0.15, 0.2) is 60.7 Å². The number of aromatic hydroxyl groups is 2. The molecule has 0 bridgehead atoms. The van der Waals surface area contributed by atoms with Crippen LogP contribution in [0.3, 0.4) is 0 Å². The summed E-state index contributed by atoms with van der Waals surface area (Å²) in [5, 5.41) is 19.5. The van der Waals surface area contributed by atoms with Crippen LogP contribution in [0.2, 0.25) is 0 Å². The zero-order valence-electron chi connectivity index (χ0n) is 34.7. The van der Waals surface area contributed by atoms with Crippen LogP contribution in [-0.2, 0) is 22.4 Å². The number of methoxy groups -OCH3 is 2. The molecule has 0 spiro atoms. The summed E-state index contributed by atoms with van der Waals surface area (Å²) in [5.41, 5.74) is 2.17. The molecule has 54 heavy (non-hydrogen) atoms. The predicted molar refractivity (Wildman–Crippen MR) is 227 cm³/mol. The van der Waals surface area contributed by atoms with Gasteiger partial charge >= 0.3 is 0 Å². The van der Waals surface area contributed by atoms with Gasteiger partial charge in [-0.15, -0.1) is 0 Å². The molecule has 2 aromatic rings. The Balaban J connectivity index is 0.000000541. The van der Waals surface area contributed by atoms with Gasteiger partial charge in [0.25, 0.3) is 0 Å². The summed E-state index contributed by atoms with van der Waals surface area (Å²) in [4.78, 5) is 23.7. The second-order valence-corrected chi connectivity index (χ2v) is 14.7. The number of phenolic OH excluding ortho intramolecular Hbond substituents is 2. The summed E-state index contributed by atoms with van der Waals surface area (Å²) in [5.74, 6) is 1.87. The number of rotatable bonds is 32. The zero-order valence-corrected chi connectivity index (χ0v) is 34.7. The average molecular weight is 749 g/mol. The van der Waals surface area contributed by atoms with E-state index < -0.39 is 0 Å². The van der Waals surface area contributed by atoms with Gasteiger partial charge < -0.3 is 19.7 Å². The Kier molecular flexibility index (Phi) is 30.5. The number of phenols is 2. The summed E-state index contributed by atoms with van der Waals surface area (Å²) < 4.78 is 10.1. The molecule has 304 valence electrons. The van der Waals surface area contributed by atoms with Crippen molar-refractivity contribution in [3.63, 3.8) is 0 Å². The third kappa shape index (κ3) is 26.3. The lowest BCUT2D eigenvalue weighted by molar-refractivity contribution is -0.115. The van der Waals surface area contributed by atoms with Crippen LogP contribution < -0.4 is 9.47 Å². The van der Waals surface area contributed by atoms with E-state index in [1.165, 1.54) is 103 Å². The Morgan fingerprint density at radius 1 is 0.500 bits per heavy atom. The molecule has 0 heterocycles. The molecule has 6 nitrogen and oxygen atoms in total. The SMILES string of the molecule is CCCCCCCCCCC(=O)C=CCCCc1ccc(OC)c(O)c1.CCCCCCCCCCCCC(=O)C=CCCCc1ccc(OC)c(O)c1. The van der Waals surface area contributed by atoms with E-state index >= 15 is 0 Å². The van der Waals surface area contributed by atoms with Crippen LogP contribution in [0, 0.1) is 0 Å². The third-order valence-electron chi connectivity index (χ3n) is 9.82. The first kappa shape index (κ1) is 48.5. The van der Waals surface area contributed by atoms with Crippen LogP contribution in [0.5, 0.6) is 23.0 Å². The quantitative estimate of drug-likeness (QED) is 0.0571. The van der Waals surface area contributed by atoms with Crippen molar-refractivity contribution in [2.24, 2.45) is 0 Å². The molecule has 0 atom stereocenters. The molecule has 0 saturated heterocycles. The normalized spacial score (nSPS) is 11.2. The molecule has 0 saturated carbocycles. The van der Waals surface area contributed by atoms with Crippen molar-refractivity contribution in [2.45, 2.75) is 181 Å². The largest absolute Gasteiger partial charge is 0.504 e. The molecular weight excluding hydrogens is 673 g/mol. The van der Waals surface area contributed by atoms with E-state index in [4.69, 9.17) is 9.47 Å². The van der Waals surface area contributed by atoms with E-state index in [0.717, 1.165) is 62.5 Å². The van der Waals surface area contributed by atoms with Gasteiger partial charge in [-0.2, -0.15) is 0 Å². The Labute approximate surface area is 329 Å². The molecular formula is C48H76O6. The van der Waals surface area contributed by atoms with Crippen LogP contribution in [0.1, 0.15) is 179 Å². The predicted octanol–water partition coefficient (Wildman–Crippen LogP) is 13.5. The summed E-state index contributed by atoms with van der Waals surface area (Å²) in [7, 11) is 3.09. The van der Waals surface area contributed by atoms with Crippen molar-refractivity contribution >= 4 is 11.6 Å². The van der Waals surface area contributed by atoms with E-state index in [0.29, 0.717) is 24.3 Å². The van der Waals surface area contributed by atoms with Gasteiger partial charge in [0.05, 0.1) is 14.2 Å². The van der Waals surface area contributed by atoms with Crippen molar-refractivity contribution in [1.29, 1.82) is 0 Å². The fourth-order valence-corrected chi connectivity index (χ4v) is 6.45. The fraction of sp³-hybridized carbons (Fsp3) is 0.625. The number of benzene rings is 2. The van der Waals surface area contributed by atoms with Crippen LogP contribution in [0.4, 0.5) is 0 Å². The molecule has 0 aliphatic rings. The first-order valence-electron chi connectivity index (χ1n) is 21.4. The van der Waals surface area contributed by atoms with E-state index in [-0.39, 0.29) is 23.1 Å². The van der Waals surface area contributed by atoms with E-state index in [2.05, 4.69) is 13.8 Å². The number of ether oxygens (including phenoxy) is 2. The molecule has 2 N–H and O–H groups in total. The molecule has 0 fully saturated rings. The monoisotopic (exact) mass is 749 g/mol. The number of carbonyl (C=O) groups excluding carboxylic acids is 2. The number of carbonyl (C=O) groups is 2. The number of hydrogen-bond acceptors (Lipinski definition) is 6. The molecule has 0 amide bonds. The van der Waals surface area contributed by atoms with Gasteiger partial charge in [-0.25, -0.2) is 0 Å². The van der Waals surface area contributed by atoms with Gasteiger partial charge in [0.2, 0.25) is 0 Å². The summed E-state index contributed by atoms with van der Waals surface area (Å²) in [6, 6.07) is 11.0. The lowest BCUT2D eigenvalue weighted by Crippen LogP contribution is -1.93. The van der Waals surface area contributed by atoms with Gasteiger partial charge in [-0.3, -0.25) is 9.59 Å². The third-order valence-corrected chi connectivity index (χ3v) is 9.82. The maximum atomic E-state index is 11.9. The summed E-state index contributed by atoms with van der Waals surface area (Å²) >= 11 is 0. The minimum atomic E-state index is 0.182. The molecule has 2 rings (SSSR count). The Morgan fingerprint density at radius 2 is 0.833 bits per heavy atom. The molecule has 0 aliphatic carbocycles. The zero-order chi connectivity index (χ0) is 39.5. The van der Waals surface area contributed by atoms with Crippen molar-refractivity contribution in [2.75, 3.05) is 14.2 Å². The molecule has 0 aromatic heterocycles. The Hall–Kier alpha value is -3.54. The van der Waals surface area contributed by atoms with Crippen LogP contribution >= 0.6 is 0 Å².